The monoisotopic (exact) mass is 404 g/mol. The van der Waals surface area contributed by atoms with Crippen LogP contribution in [0.15, 0.2) is 39.8 Å². The number of aromatic amines is 1. The molecule has 0 bridgehead atoms. The molecule has 0 saturated heterocycles. The summed E-state index contributed by atoms with van der Waals surface area (Å²) < 4.78 is 5.92. The number of aryl methyl sites for hydroxylation is 4. The molecule has 0 saturated carbocycles. The van der Waals surface area contributed by atoms with E-state index >= 15 is 0 Å². The minimum atomic E-state index is -0.288. The molecular weight excluding hydrogens is 380 g/mol. The van der Waals surface area contributed by atoms with Crippen molar-refractivity contribution in [1.29, 1.82) is 0 Å². The van der Waals surface area contributed by atoms with E-state index in [1.807, 2.05) is 18.3 Å². The maximum atomic E-state index is 13.1. The quantitative estimate of drug-likeness (QED) is 0.722. The number of carbonyl (C=O) groups excluding carboxylic acids is 1. The number of rotatable bonds is 4. The van der Waals surface area contributed by atoms with Gasteiger partial charge in [0.1, 0.15) is 17.0 Å². The van der Waals surface area contributed by atoms with Gasteiger partial charge in [-0.2, -0.15) is 0 Å². The number of hydrogen-bond donors (Lipinski definition) is 1. The number of nitrogens with zero attached hydrogens (tertiary/aromatic N) is 3. The average Bonchev–Trinajstić information content (AvgIpc) is 3.19. The molecule has 1 aliphatic carbocycles. The first kappa shape index (κ1) is 18.8. The van der Waals surface area contributed by atoms with Crippen molar-refractivity contribution in [2.24, 2.45) is 0 Å². The van der Waals surface area contributed by atoms with E-state index in [4.69, 9.17) is 4.42 Å². The van der Waals surface area contributed by atoms with Crippen LogP contribution in [0, 0.1) is 0 Å². The van der Waals surface area contributed by atoms with Gasteiger partial charge in [0.15, 0.2) is 5.89 Å². The molecule has 1 aliphatic heterocycles. The highest BCUT2D eigenvalue weighted by atomic mass is 16.4. The lowest BCUT2D eigenvalue weighted by Gasteiger charge is -2.25. The van der Waals surface area contributed by atoms with Gasteiger partial charge in [-0.3, -0.25) is 14.6 Å². The van der Waals surface area contributed by atoms with Crippen LogP contribution in [0.3, 0.4) is 0 Å². The van der Waals surface area contributed by atoms with Crippen LogP contribution in [0.2, 0.25) is 0 Å². The predicted octanol–water partition coefficient (Wildman–Crippen LogP) is 2.62. The number of nitrogens with one attached hydrogen (secondary N) is 1. The molecule has 0 unspecified atom stereocenters. The molecule has 7 nitrogen and oxygen atoms in total. The fourth-order valence-corrected chi connectivity index (χ4v) is 4.33. The highest BCUT2D eigenvalue weighted by Crippen LogP contribution is 2.23. The molecule has 1 amide bonds. The van der Waals surface area contributed by atoms with Gasteiger partial charge in [0, 0.05) is 37.5 Å². The van der Waals surface area contributed by atoms with Crippen LogP contribution in [-0.4, -0.2) is 32.3 Å². The van der Waals surface area contributed by atoms with Crippen LogP contribution in [0.4, 0.5) is 0 Å². The predicted molar refractivity (Wildman–Crippen MR) is 110 cm³/mol. The van der Waals surface area contributed by atoms with Crippen molar-refractivity contribution in [3.63, 3.8) is 0 Å². The van der Waals surface area contributed by atoms with Gasteiger partial charge in [-0.25, -0.2) is 4.98 Å². The third-order valence-corrected chi connectivity index (χ3v) is 5.98. The molecule has 5 rings (SSSR count). The van der Waals surface area contributed by atoms with Crippen LogP contribution in [-0.2, 0) is 38.6 Å². The summed E-state index contributed by atoms with van der Waals surface area (Å²) >= 11 is 0. The van der Waals surface area contributed by atoms with Gasteiger partial charge < -0.3 is 14.3 Å². The highest BCUT2D eigenvalue weighted by Gasteiger charge is 2.28. The first-order valence-electron chi connectivity index (χ1n) is 10.6. The Balaban J connectivity index is 1.30. The van der Waals surface area contributed by atoms with Gasteiger partial charge in [-0.1, -0.05) is 6.07 Å². The molecule has 0 aromatic carbocycles. The first-order chi connectivity index (χ1) is 14.7. The average molecular weight is 404 g/mol. The number of pyridine rings is 2. The molecule has 0 radical (unpaired) electrons. The van der Waals surface area contributed by atoms with E-state index in [-0.39, 0.29) is 17.0 Å². The van der Waals surface area contributed by atoms with Gasteiger partial charge >= 0.3 is 0 Å². The van der Waals surface area contributed by atoms with Crippen LogP contribution in [0.1, 0.15) is 57.4 Å². The summed E-state index contributed by atoms with van der Waals surface area (Å²) in [6.07, 6.45) is 9.70. The van der Waals surface area contributed by atoms with Gasteiger partial charge in [0.2, 0.25) is 0 Å². The normalized spacial score (nSPS) is 15.5. The zero-order chi connectivity index (χ0) is 20.5. The van der Waals surface area contributed by atoms with Crippen LogP contribution in [0.5, 0.6) is 0 Å². The Morgan fingerprint density at radius 1 is 1.20 bits per heavy atom. The molecular formula is C23H24N4O3. The Morgan fingerprint density at radius 3 is 2.97 bits per heavy atom. The van der Waals surface area contributed by atoms with Crippen molar-refractivity contribution in [3.05, 3.63) is 80.7 Å². The molecule has 154 valence electrons. The molecule has 1 N–H and O–H groups in total. The van der Waals surface area contributed by atoms with Crippen molar-refractivity contribution < 1.29 is 9.21 Å². The summed E-state index contributed by atoms with van der Waals surface area (Å²) in [6, 6.07) is 5.75. The van der Waals surface area contributed by atoms with Gasteiger partial charge in [0.05, 0.1) is 6.54 Å². The third kappa shape index (κ3) is 3.67. The molecule has 3 aromatic heterocycles. The Hall–Kier alpha value is -3.22. The number of oxazole rings is 1. The topological polar surface area (TPSA) is 92.1 Å². The van der Waals surface area contributed by atoms with E-state index in [0.29, 0.717) is 31.8 Å². The van der Waals surface area contributed by atoms with Crippen LogP contribution >= 0.6 is 0 Å². The molecule has 0 atom stereocenters. The van der Waals surface area contributed by atoms with Crippen molar-refractivity contribution in [2.45, 2.75) is 51.5 Å². The lowest BCUT2D eigenvalue weighted by molar-refractivity contribution is 0.0726. The minimum absolute atomic E-state index is 0.227. The smallest absolute Gasteiger partial charge is 0.261 e. The Bertz CT molecular complexity index is 1130. The maximum Gasteiger partial charge on any atom is 0.261 e. The Labute approximate surface area is 174 Å². The summed E-state index contributed by atoms with van der Waals surface area (Å²) in [5.41, 5.74) is 3.96. The SMILES string of the molecule is O=C(c1cc2c([nH]c1=O)CCCC2)N1CCc2oc(CCc3cccnc3)nc2C1. The highest BCUT2D eigenvalue weighted by molar-refractivity contribution is 5.94. The number of hydrogen-bond acceptors (Lipinski definition) is 5. The number of aromatic nitrogens is 3. The Kier molecular flexibility index (Phi) is 4.94. The fraction of sp³-hybridized carbons (Fsp3) is 0.391. The molecule has 0 spiro atoms. The number of carbonyl (C=O) groups is 1. The summed E-state index contributed by atoms with van der Waals surface area (Å²) in [4.78, 5) is 39.0. The van der Waals surface area contributed by atoms with E-state index in [9.17, 15) is 9.59 Å². The zero-order valence-corrected chi connectivity index (χ0v) is 16.8. The summed E-state index contributed by atoms with van der Waals surface area (Å²) in [7, 11) is 0. The standard InChI is InChI=1S/C23H24N4O3/c28-22-17(12-16-5-1-2-6-18(16)26-22)23(29)27-11-9-20-19(14-27)25-21(30-20)8-7-15-4-3-10-24-13-15/h3-4,10,12-13H,1-2,5-9,11,14H2,(H,26,28). The van der Waals surface area contributed by atoms with E-state index in [0.717, 1.165) is 60.4 Å². The number of fused-ring (bicyclic) bond motifs is 2. The van der Waals surface area contributed by atoms with Gasteiger partial charge in [-0.05, 0) is 55.4 Å². The molecule has 4 heterocycles. The van der Waals surface area contributed by atoms with Crippen LogP contribution in [0.25, 0.3) is 0 Å². The largest absolute Gasteiger partial charge is 0.445 e. The van der Waals surface area contributed by atoms with E-state index < -0.39 is 0 Å². The second kappa shape index (κ2) is 7.89. The second-order valence-corrected chi connectivity index (χ2v) is 8.04. The summed E-state index contributed by atoms with van der Waals surface area (Å²) in [5, 5.41) is 0. The van der Waals surface area contributed by atoms with E-state index in [1.165, 1.54) is 0 Å². The minimum Gasteiger partial charge on any atom is -0.445 e. The molecule has 30 heavy (non-hydrogen) atoms. The molecule has 0 fully saturated rings. The molecule has 7 heteroatoms. The lowest BCUT2D eigenvalue weighted by Crippen LogP contribution is -2.38. The van der Waals surface area contributed by atoms with Crippen molar-refractivity contribution in [1.82, 2.24) is 19.9 Å². The van der Waals surface area contributed by atoms with Crippen LogP contribution < -0.4 is 5.56 Å². The number of amides is 1. The van der Waals surface area contributed by atoms with Crippen molar-refractivity contribution >= 4 is 5.91 Å². The molecule has 3 aromatic rings. The maximum absolute atomic E-state index is 13.1. The van der Waals surface area contributed by atoms with E-state index in [2.05, 4.69) is 15.0 Å². The lowest BCUT2D eigenvalue weighted by atomic mass is 9.94. The van der Waals surface area contributed by atoms with Crippen molar-refractivity contribution in [2.75, 3.05) is 6.54 Å². The fourth-order valence-electron chi connectivity index (χ4n) is 4.33. The Morgan fingerprint density at radius 2 is 2.10 bits per heavy atom. The third-order valence-electron chi connectivity index (χ3n) is 5.98. The van der Waals surface area contributed by atoms with Gasteiger partial charge in [0.25, 0.3) is 11.5 Å². The number of H-pyrrole nitrogens is 1. The van der Waals surface area contributed by atoms with Gasteiger partial charge in [-0.15, -0.1) is 0 Å². The molecule has 2 aliphatic rings. The van der Waals surface area contributed by atoms with E-state index in [1.54, 1.807) is 17.2 Å². The zero-order valence-electron chi connectivity index (χ0n) is 16.8. The summed E-state index contributed by atoms with van der Waals surface area (Å²) in [6.45, 7) is 0.903. The second-order valence-electron chi connectivity index (χ2n) is 8.04. The summed E-state index contributed by atoms with van der Waals surface area (Å²) in [5.74, 6) is 1.31. The van der Waals surface area contributed by atoms with Crippen molar-refractivity contribution in [3.8, 4) is 0 Å². The first-order valence-corrected chi connectivity index (χ1v) is 10.6.